The fraction of sp³-hybridized carbons (Fsp3) is 0.318. The summed E-state index contributed by atoms with van der Waals surface area (Å²) < 4.78 is 7.08. The molecular formula is C22H26N4O3. The van der Waals surface area contributed by atoms with Crippen molar-refractivity contribution < 1.29 is 14.6 Å². The summed E-state index contributed by atoms with van der Waals surface area (Å²) in [6.45, 7) is 5.54. The average Bonchev–Trinajstić information content (AvgIpc) is 3.23. The fourth-order valence-electron chi connectivity index (χ4n) is 2.96. The monoisotopic (exact) mass is 394 g/mol. The third-order valence-electron chi connectivity index (χ3n) is 4.75. The maximum Gasteiger partial charge on any atom is 0.251 e. The molecule has 0 aliphatic carbocycles. The molecule has 0 bridgehead atoms. The number of aliphatic hydroxyl groups is 1. The van der Waals surface area contributed by atoms with Gasteiger partial charge in [0.15, 0.2) is 5.82 Å². The van der Waals surface area contributed by atoms with Crippen LogP contribution in [-0.2, 0) is 4.74 Å². The van der Waals surface area contributed by atoms with Gasteiger partial charge in [-0.25, -0.2) is 9.67 Å². The van der Waals surface area contributed by atoms with Gasteiger partial charge in [0.1, 0.15) is 12.4 Å². The quantitative estimate of drug-likeness (QED) is 0.643. The zero-order valence-corrected chi connectivity index (χ0v) is 17.1. The minimum Gasteiger partial charge on any atom is -0.394 e. The van der Waals surface area contributed by atoms with E-state index in [0.717, 1.165) is 16.7 Å². The number of nitrogens with zero attached hydrogens (tertiary/aromatic N) is 3. The molecule has 0 spiro atoms. The lowest BCUT2D eigenvalue weighted by molar-refractivity contribution is 0.0922. The number of ether oxygens (including phenoxy) is 1. The maximum absolute atomic E-state index is 12.8. The number of aliphatic hydroxyl groups excluding tert-OH is 1. The molecule has 2 atom stereocenters. The molecule has 7 heteroatoms. The van der Waals surface area contributed by atoms with E-state index >= 15 is 0 Å². The van der Waals surface area contributed by atoms with Crippen LogP contribution in [0.2, 0.25) is 0 Å². The summed E-state index contributed by atoms with van der Waals surface area (Å²) in [5.41, 5.74) is 4.22. The molecule has 0 aliphatic heterocycles. The van der Waals surface area contributed by atoms with Crippen LogP contribution in [0.1, 0.15) is 41.7 Å². The van der Waals surface area contributed by atoms with Crippen LogP contribution in [0.4, 0.5) is 0 Å². The van der Waals surface area contributed by atoms with Crippen molar-refractivity contribution in [3.05, 3.63) is 65.7 Å². The highest BCUT2D eigenvalue weighted by Crippen LogP contribution is 2.26. The minimum absolute atomic E-state index is 0.130. The number of hydrogen-bond acceptors (Lipinski definition) is 5. The topological polar surface area (TPSA) is 89.3 Å². The predicted octanol–water partition coefficient (Wildman–Crippen LogP) is 3.06. The van der Waals surface area contributed by atoms with E-state index in [1.807, 2.05) is 50.2 Å². The molecule has 152 valence electrons. The van der Waals surface area contributed by atoms with Gasteiger partial charge in [-0.15, -0.1) is 0 Å². The molecule has 0 radical (unpaired) electrons. The van der Waals surface area contributed by atoms with E-state index in [2.05, 4.69) is 15.4 Å². The van der Waals surface area contributed by atoms with Gasteiger partial charge in [-0.3, -0.25) is 4.79 Å². The zero-order chi connectivity index (χ0) is 21.0. The van der Waals surface area contributed by atoms with Crippen molar-refractivity contribution in [2.45, 2.75) is 32.9 Å². The third kappa shape index (κ3) is 4.70. The standard InChI is InChI=1S/C22H26N4O3/c1-14-5-7-17(8-6-14)18-9-19(22(28)25-15(2)12-27)11-20(10-18)26-21(16(3)29-4)23-13-24-26/h5-11,13,15-16,27H,12H2,1-4H3,(H,25,28)/t15?,16-/m0/s1. The number of carbonyl (C=O) groups excluding carboxylic acids is 1. The Labute approximate surface area is 170 Å². The molecule has 1 unspecified atom stereocenters. The molecule has 1 aromatic heterocycles. The SMILES string of the molecule is CO[C@@H](C)c1ncnn1-c1cc(C(=O)NC(C)CO)cc(-c2ccc(C)cc2)c1. The van der Waals surface area contributed by atoms with Crippen molar-refractivity contribution in [2.75, 3.05) is 13.7 Å². The Hall–Kier alpha value is -3.03. The molecule has 3 aromatic rings. The largest absolute Gasteiger partial charge is 0.394 e. The van der Waals surface area contributed by atoms with Gasteiger partial charge in [0.2, 0.25) is 0 Å². The van der Waals surface area contributed by atoms with Gasteiger partial charge in [-0.2, -0.15) is 5.10 Å². The normalized spacial score (nSPS) is 13.1. The van der Waals surface area contributed by atoms with E-state index in [1.54, 1.807) is 24.8 Å². The predicted molar refractivity (Wildman–Crippen MR) is 111 cm³/mol. The molecule has 29 heavy (non-hydrogen) atoms. The van der Waals surface area contributed by atoms with Crippen molar-refractivity contribution in [2.24, 2.45) is 0 Å². The van der Waals surface area contributed by atoms with E-state index in [4.69, 9.17) is 4.74 Å². The number of rotatable bonds is 7. The molecular weight excluding hydrogens is 368 g/mol. The van der Waals surface area contributed by atoms with Crippen LogP contribution in [0.25, 0.3) is 16.8 Å². The second-order valence-electron chi connectivity index (χ2n) is 7.10. The molecule has 1 heterocycles. The van der Waals surface area contributed by atoms with Gasteiger partial charge >= 0.3 is 0 Å². The maximum atomic E-state index is 12.8. The number of nitrogens with one attached hydrogen (secondary N) is 1. The molecule has 1 amide bonds. The third-order valence-corrected chi connectivity index (χ3v) is 4.75. The smallest absolute Gasteiger partial charge is 0.251 e. The lowest BCUT2D eigenvalue weighted by Gasteiger charge is -2.15. The molecule has 7 nitrogen and oxygen atoms in total. The van der Waals surface area contributed by atoms with Crippen LogP contribution in [0.3, 0.4) is 0 Å². The summed E-state index contributed by atoms with van der Waals surface area (Å²) in [5, 5.41) is 16.4. The summed E-state index contributed by atoms with van der Waals surface area (Å²) in [6.07, 6.45) is 1.21. The first-order valence-corrected chi connectivity index (χ1v) is 9.50. The number of hydrogen-bond donors (Lipinski definition) is 2. The van der Waals surface area contributed by atoms with Gasteiger partial charge in [0.05, 0.1) is 12.3 Å². The van der Waals surface area contributed by atoms with E-state index in [1.165, 1.54) is 6.33 Å². The number of benzene rings is 2. The van der Waals surface area contributed by atoms with Crippen LogP contribution in [0, 0.1) is 6.92 Å². The van der Waals surface area contributed by atoms with Gasteiger partial charge in [0, 0.05) is 18.7 Å². The van der Waals surface area contributed by atoms with Crippen LogP contribution in [0.5, 0.6) is 0 Å². The molecule has 2 N–H and O–H groups in total. The Morgan fingerprint density at radius 1 is 1.17 bits per heavy atom. The first-order valence-electron chi connectivity index (χ1n) is 9.50. The molecule has 0 fully saturated rings. The average molecular weight is 394 g/mol. The van der Waals surface area contributed by atoms with Crippen molar-refractivity contribution in [3.63, 3.8) is 0 Å². The lowest BCUT2D eigenvalue weighted by atomic mass is 10.0. The minimum atomic E-state index is -0.343. The molecule has 2 aromatic carbocycles. The Bertz CT molecular complexity index is 982. The van der Waals surface area contributed by atoms with Crippen molar-refractivity contribution in [1.82, 2.24) is 20.1 Å². The number of aryl methyl sites for hydroxylation is 1. The van der Waals surface area contributed by atoms with E-state index < -0.39 is 0 Å². The molecule has 0 saturated heterocycles. The molecule has 0 saturated carbocycles. The number of methoxy groups -OCH3 is 1. The Morgan fingerprint density at radius 3 is 2.55 bits per heavy atom. The highest BCUT2D eigenvalue weighted by molar-refractivity contribution is 5.96. The van der Waals surface area contributed by atoms with E-state index in [0.29, 0.717) is 17.1 Å². The van der Waals surface area contributed by atoms with Crippen molar-refractivity contribution in [3.8, 4) is 16.8 Å². The van der Waals surface area contributed by atoms with Crippen molar-refractivity contribution in [1.29, 1.82) is 0 Å². The second-order valence-corrected chi connectivity index (χ2v) is 7.10. The number of amides is 1. The van der Waals surface area contributed by atoms with Crippen LogP contribution < -0.4 is 5.32 Å². The number of aromatic nitrogens is 3. The van der Waals surface area contributed by atoms with Gasteiger partial charge in [0.25, 0.3) is 5.91 Å². The summed E-state index contributed by atoms with van der Waals surface area (Å²) >= 11 is 0. The van der Waals surface area contributed by atoms with Crippen LogP contribution >= 0.6 is 0 Å². The van der Waals surface area contributed by atoms with E-state index in [9.17, 15) is 9.90 Å². The molecule has 3 rings (SSSR count). The van der Waals surface area contributed by atoms with Gasteiger partial charge in [-0.05, 0) is 50.1 Å². The Morgan fingerprint density at radius 2 is 1.90 bits per heavy atom. The first kappa shape index (κ1) is 20.7. The van der Waals surface area contributed by atoms with Gasteiger partial charge in [-0.1, -0.05) is 29.8 Å². The molecule has 0 aliphatic rings. The van der Waals surface area contributed by atoms with Crippen LogP contribution in [0.15, 0.2) is 48.8 Å². The fourth-order valence-corrected chi connectivity index (χ4v) is 2.96. The highest BCUT2D eigenvalue weighted by atomic mass is 16.5. The summed E-state index contributed by atoms with van der Waals surface area (Å²) in [7, 11) is 1.61. The number of carbonyl (C=O) groups is 1. The second kappa shape index (κ2) is 8.98. The van der Waals surface area contributed by atoms with Crippen LogP contribution in [-0.4, -0.2) is 45.5 Å². The Balaban J connectivity index is 2.12. The summed E-state index contributed by atoms with van der Waals surface area (Å²) in [5.74, 6) is 0.381. The zero-order valence-electron chi connectivity index (χ0n) is 17.1. The first-order chi connectivity index (χ1) is 13.9. The summed E-state index contributed by atoms with van der Waals surface area (Å²) in [6, 6.07) is 13.3. The Kier molecular flexibility index (Phi) is 6.41. The van der Waals surface area contributed by atoms with E-state index in [-0.39, 0.29) is 24.7 Å². The lowest BCUT2D eigenvalue weighted by Crippen LogP contribution is -2.35. The highest BCUT2D eigenvalue weighted by Gasteiger charge is 2.17. The summed E-state index contributed by atoms with van der Waals surface area (Å²) in [4.78, 5) is 17.1. The van der Waals surface area contributed by atoms with Crippen molar-refractivity contribution >= 4 is 5.91 Å². The van der Waals surface area contributed by atoms with Gasteiger partial charge < -0.3 is 15.2 Å².